The molecule has 1 aromatic carbocycles. The molecule has 6 heteroatoms. The molecule has 0 saturated heterocycles. The highest BCUT2D eigenvalue weighted by Crippen LogP contribution is 2.44. The van der Waals surface area contributed by atoms with Crippen LogP contribution in [0.1, 0.15) is 21.9 Å². The van der Waals surface area contributed by atoms with Crippen LogP contribution in [0.3, 0.4) is 0 Å². The fourth-order valence-corrected chi connectivity index (χ4v) is 3.24. The van der Waals surface area contributed by atoms with Crippen molar-refractivity contribution in [2.45, 2.75) is 12.8 Å². The number of allylic oxidation sites excluding steroid dienone is 1. The third-order valence-electron chi connectivity index (χ3n) is 3.25. The van der Waals surface area contributed by atoms with Gasteiger partial charge >= 0.3 is 0 Å². The molecule has 0 radical (unpaired) electrons. The van der Waals surface area contributed by atoms with Crippen LogP contribution in [0.4, 0.5) is 0 Å². The molecule has 1 atom stereocenters. The van der Waals surface area contributed by atoms with Gasteiger partial charge in [-0.3, -0.25) is 0 Å². The van der Waals surface area contributed by atoms with Crippen LogP contribution in [-0.2, 0) is 0 Å². The Kier molecular flexibility index (Phi) is 3.24. The Morgan fingerprint density at radius 1 is 1.40 bits per heavy atom. The van der Waals surface area contributed by atoms with Crippen molar-refractivity contribution in [3.8, 4) is 11.9 Å². The van der Waals surface area contributed by atoms with E-state index in [2.05, 4.69) is 26.4 Å². The largest absolute Gasteiger partial charge is 0.421 e. The first-order valence-corrected chi connectivity index (χ1v) is 7.47. The predicted molar refractivity (Wildman–Crippen MR) is 80.3 cm³/mol. The zero-order chi connectivity index (χ0) is 14.3. The highest BCUT2D eigenvalue weighted by molar-refractivity contribution is 9.10. The van der Waals surface area contributed by atoms with Crippen molar-refractivity contribution in [3.05, 3.63) is 56.2 Å². The Hall–Kier alpha value is -1.84. The second kappa shape index (κ2) is 4.93. The van der Waals surface area contributed by atoms with Crippen LogP contribution < -0.4 is 10.5 Å². The van der Waals surface area contributed by atoms with Gasteiger partial charge in [0, 0.05) is 14.9 Å². The van der Waals surface area contributed by atoms with Crippen molar-refractivity contribution in [2.24, 2.45) is 5.73 Å². The van der Waals surface area contributed by atoms with E-state index in [0.29, 0.717) is 11.5 Å². The number of halogens is 1. The Balaban J connectivity index is 2.22. The number of ether oxygens (including phenoxy) is 1. The third-order valence-corrected chi connectivity index (χ3v) is 4.53. The van der Waals surface area contributed by atoms with E-state index in [-0.39, 0.29) is 11.8 Å². The van der Waals surface area contributed by atoms with Gasteiger partial charge in [-0.15, -0.1) is 0 Å². The molecule has 3 rings (SSSR count). The van der Waals surface area contributed by atoms with Crippen LogP contribution in [0.2, 0.25) is 0 Å². The summed E-state index contributed by atoms with van der Waals surface area (Å²) in [5.74, 6) is 0.436. The zero-order valence-corrected chi connectivity index (χ0v) is 13.0. The lowest BCUT2D eigenvalue weighted by atomic mass is 9.84. The Labute approximate surface area is 128 Å². The molecule has 1 aromatic heterocycles. The van der Waals surface area contributed by atoms with Crippen molar-refractivity contribution in [2.75, 3.05) is 0 Å². The van der Waals surface area contributed by atoms with E-state index in [9.17, 15) is 5.26 Å². The number of hydrogen-bond acceptors (Lipinski definition) is 5. The summed E-state index contributed by atoms with van der Waals surface area (Å²) in [6.45, 7) is 1.97. The molecule has 4 nitrogen and oxygen atoms in total. The maximum absolute atomic E-state index is 9.41. The SMILES string of the molecule is Cc1snc2c1C(c1ccc(Br)cc1)C(C#N)=C(N)O2. The smallest absolute Gasteiger partial charge is 0.237 e. The van der Waals surface area contributed by atoms with Crippen molar-refractivity contribution in [3.63, 3.8) is 0 Å². The summed E-state index contributed by atoms with van der Waals surface area (Å²) < 4.78 is 10.7. The number of hydrogen-bond donors (Lipinski definition) is 1. The normalized spacial score (nSPS) is 17.4. The van der Waals surface area contributed by atoms with E-state index in [1.54, 1.807) is 0 Å². The summed E-state index contributed by atoms with van der Waals surface area (Å²) >= 11 is 4.78. The van der Waals surface area contributed by atoms with E-state index < -0.39 is 0 Å². The number of nitrogens with zero attached hydrogens (tertiary/aromatic N) is 2. The molecule has 1 aliphatic heterocycles. The first-order valence-electron chi connectivity index (χ1n) is 5.91. The molecule has 2 aromatic rings. The van der Waals surface area contributed by atoms with Crippen molar-refractivity contribution < 1.29 is 4.74 Å². The summed E-state index contributed by atoms with van der Waals surface area (Å²) in [5, 5.41) is 9.41. The van der Waals surface area contributed by atoms with Crippen molar-refractivity contribution in [1.29, 1.82) is 5.26 Å². The van der Waals surface area contributed by atoms with E-state index in [1.165, 1.54) is 11.5 Å². The van der Waals surface area contributed by atoms with Gasteiger partial charge in [-0.1, -0.05) is 28.1 Å². The maximum Gasteiger partial charge on any atom is 0.237 e. The van der Waals surface area contributed by atoms with Gasteiger partial charge in [-0.05, 0) is 36.2 Å². The fraction of sp³-hybridized carbons (Fsp3) is 0.143. The summed E-state index contributed by atoms with van der Waals surface area (Å²) in [6, 6.07) is 10.0. The number of aryl methyl sites for hydroxylation is 1. The minimum atomic E-state index is -0.212. The number of rotatable bonds is 1. The fourth-order valence-electron chi connectivity index (χ4n) is 2.31. The molecule has 0 aliphatic carbocycles. The Bertz CT molecular complexity index is 743. The van der Waals surface area contributed by atoms with Gasteiger partial charge in [0.15, 0.2) is 0 Å². The molecule has 1 unspecified atom stereocenters. The van der Waals surface area contributed by atoms with Gasteiger partial charge in [-0.2, -0.15) is 9.64 Å². The quantitative estimate of drug-likeness (QED) is 0.857. The summed E-state index contributed by atoms with van der Waals surface area (Å²) in [7, 11) is 0. The average Bonchev–Trinajstić information content (AvgIpc) is 2.79. The first-order chi connectivity index (χ1) is 9.61. The summed E-state index contributed by atoms with van der Waals surface area (Å²) in [4.78, 5) is 1.04. The van der Waals surface area contributed by atoms with Crippen LogP contribution in [0.25, 0.3) is 0 Å². The molecule has 0 amide bonds. The monoisotopic (exact) mass is 347 g/mol. The van der Waals surface area contributed by atoms with Crippen LogP contribution in [-0.4, -0.2) is 4.37 Å². The Morgan fingerprint density at radius 2 is 2.10 bits per heavy atom. The molecule has 0 spiro atoms. The lowest BCUT2D eigenvalue weighted by Gasteiger charge is -2.23. The topological polar surface area (TPSA) is 71.9 Å². The molecular formula is C14H10BrN3OS. The van der Waals surface area contributed by atoms with Gasteiger partial charge in [-0.25, -0.2) is 0 Å². The van der Waals surface area contributed by atoms with Gasteiger partial charge in [0.1, 0.15) is 11.6 Å². The number of nitriles is 1. The first kappa shape index (κ1) is 13.2. The molecule has 100 valence electrons. The van der Waals surface area contributed by atoms with E-state index in [1.807, 2.05) is 31.2 Å². The predicted octanol–water partition coefficient (Wildman–Crippen LogP) is 3.43. The lowest BCUT2D eigenvalue weighted by molar-refractivity contribution is 0.382. The minimum absolute atomic E-state index is 0.137. The van der Waals surface area contributed by atoms with Gasteiger partial charge in [0.2, 0.25) is 11.8 Å². The van der Waals surface area contributed by atoms with Crippen LogP contribution in [0, 0.1) is 18.3 Å². The number of aromatic nitrogens is 1. The van der Waals surface area contributed by atoms with E-state index in [4.69, 9.17) is 10.5 Å². The van der Waals surface area contributed by atoms with Gasteiger partial charge < -0.3 is 10.5 Å². The van der Waals surface area contributed by atoms with E-state index in [0.717, 1.165) is 20.5 Å². The van der Waals surface area contributed by atoms with Gasteiger partial charge in [0.25, 0.3) is 0 Å². The van der Waals surface area contributed by atoms with E-state index >= 15 is 0 Å². The molecule has 1 aliphatic rings. The van der Waals surface area contributed by atoms with Crippen LogP contribution >= 0.6 is 27.5 Å². The van der Waals surface area contributed by atoms with Gasteiger partial charge in [0.05, 0.1) is 5.92 Å². The van der Waals surface area contributed by atoms with Crippen molar-refractivity contribution in [1.82, 2.24) is 4.37 Å². The molecule has 0 saturated carbocycles. The molecule has 0 bridgehead atoms. The summed E-state index contributed by atoms with van der Waals surface area (Å²) in [6.07, 6.45) is 0. The zero-order valence-electron chi connectivity index (χ0n) is 10.6. The third kappa shape index (κ3) is 1.99. The maximum atomic E-state index is 9.41. The highest BCUT2D eigenvalue weighted by Gasteiger charge is 2.34. The van der Waals surface area contributed by atoms with Crippen LogP contribution in [0.5, 0.6) is 5.88 Å². The molecule has 2 N–H and O–H groups in total. The molecule has 0 fully saturated rings. The molecular weight excluding hydrogens is 338 g/mol. The number of benzene rings is 1. The lowest BCUT2D eigenvalue weighted by Crippen LogP contribution is -2.20. The molecule has 2 heterocycles. The highest BCUT2D eigenvalue weighted by atomic mass is 79.9. The summed E-state index contributed by atoms with van der Waals surface area (Å²) in [5.41, 5.74) is 8.23. The second-order valence-corrected chi connectivity index (χ2v) is 6.33. The Morgan fingerprint density at radius 3 is 2.75 bits per heavy atom. The standard InChI is InChI=1S/C14H10BrN3OS/c1-7-11-12(8-2-4-9(15)5-3-8)10(6-16)13(17)19-14(11)18-20-7/h2-5,12H,17H2,1H3. The number of nitrogens with two attached hydrogens (primary N) is 1. The molecule has 20 heavy (non-hydrogen) atoms. The van der Waals surface area contributed by atoms with Crippen LogP contribution in [0.15, 0.2) is 40.2 Å². The number of fused-ring (bicyclic) bond motifs is 1. The second-order valence-electron chi connectivity index (χ2n) is 4.43. The van der Waals surface area contributed by atoms with Crippen molar-refractivity contribution >= 4 is 27.5 Å². The average molecular weight is 348 g/mol. The minimum Gasteiger partial charge on any atom is -0.421 e.